The molecule has 5 rings (SSSR count). The van der Waals surface area contributed by atoms with Crippen LogP contribution in [0.3, 0.4) is 0 Å². The summed E-state index contributed by atoms with van der Waals surface area (Å²) in [6, 6.07) is 18.8. The third-order valence-corrected chi connectivity index (χ3v) is 6.99. The van der Waals surface area contributed by atoms with E-state index in [1.54, 1.807) is 0 Å². The van der Waals surface area contributed by atoms with Crippen LogP contribution >= 0.6 is 0 Å². The van der Waals surface area contributed by atoms with Crippen molar-refractivity contribution in [3.63, 3.8) is 0 Å². The van der Waals surface area contributed by atoms with Gasteiger partial charge in [0.2, 0.25) is 11.9 Å². The molecule has 0 aliphatic carbocycles. The second kappa shape index (κ2) is 10.3. The number of rotatable bonds is 7. The third-order valence-electron chi connectivity index (χ3n) is 6.99. The molecule has 1 amide bonds. The Morgan fingerprint density at radius 2 is 1.64 bits per heavy atom. The Hall–Kier alpha value is -3.06. The van der Waals surface area contributed by atoms with Crippen LogP contribution in [0.4, 0.5) is 11.6 Å². The van der Waals surface area contributed by atoms with Gasteiger partial charge in [0.1, 0.15) is 0 Å². The first kappa shape index (κ1) is 21.8. The molecule has 1 aromatic heterocycles. The zero-order valence-electron chi connectivity index (χ0n) is 19.2. The monoisotopic (exact) mass is 446 g/mol. The highest BCUT2D eigenvalue weighted by Crippen LogP contribution is 2.23. The Bertz CT molecular complexity index is 1000. The van der Waals surface area contributed by atoms with Gasteiger partial charge in [0.25, 0.3) is 0 Å². The minimum absolute atomic E-state index is 0.111. The summed E-state index contributed by atoms with van der Waals surface area (Å²) in [6.07, 6.45) is 2.77. The van der Waals surface area contributed by atoms with Gasteiger partial charge in [0, 0.05) is 57.4 Å². The number of nitrogens with zero attached hydrogens (tertiary/aromatic N) is 4. The molecule has 174 valence electrons. The summed E-state index contributed by atoms with van der Waals surface area (Å²) < 4.78 is 0. The van der Waals surface area contributed by atoms with Gasteiger partial charge in [0.05, 0.1) is 11.0 Å². The van der Waals surface area contributed by atoms with E-state index in [9.17, 15) is 4.79 Å². The average Bonchev–Trinajstić information content (AvgIpc) is 3.32. The molecule has 2 fully saturated rings. The Labute approximate surface area is 195 Å². The lowest BCUT2D eigenvalue weighted by Gasteiger charge is -2.36. The van der Waals surface area contributed by atoms with Gasteiger partial charge in [0.15, 0.2) is 0 Å². The maximum absolute atomic E-state index is 12.7. The van der Waals surface area contributed by atoms with Crippen LogP contribution in [0.15, 0.2) is 54.6 Å². The number of benzene rings is 2. The van der Waals surface area contributed by atoms with E-state index >= 15 is 0 Å². The molecule has 0 unspecified atom stereocenters. The van der Waals surface area contributed by atoms with Gasteiger partial charge >= 0.3 is 0 Å². The number of aromatic nitrogens is 2. The highest BCUT2D eigenvalue weighted by atomic mass is 16.1. The standard InChI is InChI=1S/C26H34N6O/c33-25(21-11-15-32(16-12-21)26-28-23-9-4-5-10-24(23)29-26)27-13-6-14-30-17-19-31(20-18-30)22-7-2-1-3-8-22/h1-5,7-10,21H,6,11-20H2,(H,27,33)(H,28,29). The number of fused-ring (bicyclic) bond motifs is 1. The second-order valence-electron chi connectivity index (χ2n) is 9.15. The van der Waals surface area contributed by atoms with E-state index in [4.69, 9.17) is 4.98 Å². The van der Waals surface area contributed by atoms with Gasteiger partial charge < -0.3 is 20.1 Å². The van der Waals surface area contributed by atoms with Crippen molar-refractivity contribution in [2.75, 3.05) is 62.2 Å². The van der Waals surface area contributed by atoms with Crippen molar-refractivity contribution in [3.8, 4) is 0 Å². The van der Waals surface area contributed by atoms with Gasteiger partial charge in [-0.25, -0.2) is 4.98 Å². The first-order valence-corrected chi connectivity index (χ1v) is 12.3. The molecule has 2 aliphatic rings. The maximum Gasteiger partial charge on any atom is 0.223 e. The number of carbonyl (C=O) groups is 1. The minimum atomic E-state index is 0.111. The van der Waals surface area contributed by atoms with E-state index in [-0.39, 0.29) is 11.8 Å². The van der Waals surface area contributed by atoms with Gasteiger partial charge in [-0.2, -0.15) is 0 Å². The first-order valence-electron chi connectivity index (χ1n) is 12.3. The molecule has 0 radical (unpaired) electrons. The Balaban J connectivity index is 0.987. The molecule has 2 aliphatic heterocycles. The van der Waals surface area contributed by atoms with E-state index in [1.807, 2.05) is 18.2 Å². The van der Waals surface area contributed by atoms with Crippen LogP contribution < -0.4 is 15.1 Å². The molecular formula is C26H34N6O. The molecule has 0 bridgehead atoms. The maximum atomic E-state index is 12.7. The van der Waals surface area contributed by atoms with Crippen LogP contribution in [0.5, 0.6) is 0 Å². The number of nitrogens with one attached hydrogen (secondary N) is 2. The van der Waals surface area contributed by atoms with Crippen molar-refractivity contribution in [1.82, 2.24) is 20.2 Å². The van der Waals surface area contributed by atoms with Crippen molar-refractivity contribution in [2.45, 2.75) is 19.3 Å². The van der Waals surface area contributed by atoms with Crippen molar-refractivity contribution in [1.29, 1.82) is 0 Å². The highest BCUT2D eigenvalue weighted by Gasteiger charge is 2.26. The van der Waals surface area contributed by atoms with Crippen molar-refractivity contribution >= 4 is 28.6 Å². The minimum Gasteiger partial charge on any atom is -0.369 e. The first-order chi connectivity index (χ1) is 16.3. The number of carbonyl (C=O) groups excluding carboxylic acids is 1. The molecule has 2 N–H and O–H groups in total. The summed E-state index contributed by atoms with van der Waals surface area (Å²) in [6.45, 7) is 7.86. The predicted octanol–water partition coefficient (Wildman–Crippen LogP) is 3.11. The normalized spacial score (nSPS) is 18.1. The van der Waals surface area contributed by atoms with Crippen molar-refractivity contribution in [2.24, 2.45) is 5.92 Å². The molecule has 7 nitrogen and oxygen atoms in total. The van der Waals surface area contributed by atoms with Crippen LogP contribution in [0.25, 0.3) is 11.0 Å². The number of hydrogen-bond acceptors (Lipinski definition) is 5. The predicted molar refractivity (Wildman–Crippen MR) is 134 cm³/mol. The zero-order chi connectivity index (χ0) is 22.5. The SMILES string of the molecule is O=C(NCCCN1CCN(c2ccccc2)CC1)C1CCN(c2nc3ccccc3[nH]2)CC1. The summed E-state index contributed by atoms with van der Waals surface area (Å²) in [4.78, 5) is 28.0. The third kappa shape index (κ3) is 5.30. The molecule has 3 heterocycles. The van der Waals surface area contributed by atoms with Crippen LogP contribution in [-0.2, 0) is 4.79 Å². The summed E-state index contributed by atoms with van der Waals surface area (Å²) in [5.41, 5.74) is 3.37. The molecule has 0 atom stereocenters. The van der Waals surface area contributed by atoms with Crippen LogP contribution in [0, 0.1) is 5.92 Å². The summed E-state index contributed by atoms with van der Waals surface area (Å²) in [5, 5.41) is 3.18. The lowest BCUT2D eigenvalue weighted by atomic mass is 9.96. The number of anilines is 2. The average molecular weight is 447 g/mol. The fourth-order valence-corrected chi connectivity index (χ4v) is 4.97. The van der Waals surface area contributed by atoms with Gasteiger partial charge in [-0.1, -0.05) is 30.3 Å². The summed E-state index contributed by atoms with van der Waals surface area (Å²) in [7, 11) is 0. The zero-order valence-corrected chi connectivity index (χ0v) is 19.2. The van der Waals surface area contributed by atoms with E-state index in [1.165, 1.54) is 5.69 Å². The van der Waals surface area contributed by atoms with Crippen LogP contribution in [-0.4, -0.2) is 73.1 Å². The highest BCUT2D eigenvalue weighted by molar-refractivity contribution is 5.79. The summed E-state index contributed by atoms with van der Waals surface area (Å²) >= 11 is 0. The molecule has 2 aromatic carbocycles. The lowest BCUT2D eigenvalue weighted by Crippen LogP contribution is -2.47. The fourth-order valence-electron chi connectivity index (χ4n) is 4.97. The summed E-state index contributed by atoms with van der Waals surface area (Å²) in [5.74, 6) is 1.25. The van der Waals surface area contributed by atoms with Gasteiger partial charge in [-0.3, -0.25) is 9.69 Å². The van der Waals surface area contributed by atoms with E-state index in [0.29, 0.717) is 0 Å². The molecule has 0 saturated carbocycles. The van der Waals surface area contributed by atoms with E-state index in [0.717, 1.165) is 88.6 Å². The number of aromatic amines is 1. The Morgan fingerprint density at radius 3 is 2.39 bits per heavy atom. The fraction of sp³-hybridized carbons (Fsp3) is 0.462. The number of piperazine rings is 1. The smallest absolute Gasteiger partial charge is 0.223 e. The Morgan fingerprint density at radius 1 is 0.909 bits per heavy atom. The van der Waals surface area contributed by atoms with E-state index in [2.05, 4.69) is 61.4 Å². The molecule has 3 aromatic rings. The lowest BCUT2D eigenvalue weighted by molar-refractivity contribution is -0.125. The van der Waals surface area contributed by atoms with Crippen LogP contribution in [0.1, 0.15) is 19.3 Å². The number of imidazole rings is 1. The Kier molecular flexibility index (Phi) is 6.76. The number of amides is 1. The quantitative estimate of drug-likeness (QED) is 0.546. The number of hydrogen-bond donors (Lipinski definition) is 2. The van der Waals surface area contributed by atoms with Gasteiger partial charge in [-0.15, -0.1) is 0 Å². The molecule has 33 heavy (non-hydrogen) atoms. The molecular weight excluding hydrogens is 412 g/mol. The van der Waals surface area contributed by atoms with Crippen LogP contribution in [0.2, 0.25) is 0 Å². The number of H-pyrrole nitrogens is 1. The van der Waals surface area contributed by atoms with Crippen molar-refractivity contribution in [3.05, 3.63) is 54.6 Å². The molecule has 0 spiro atoms. The van der Waals surface area contributed by atoms with Gasteiger partial charge in [-0.05, 0) is 50.1 Å². The largest absolute Gasteiger partial charge is 0.369 e. The number of piperidine rings is 1. The number of para-hydroxylation sites is 3. The van der Waals surface area contributed by atoms with Crippen molar-refractivity contribution < 1.29 is 4.79 Å². The topological polar surface area (TPSA) is 67.5 Å². The van der Waals surface area contributed by atoms with E-state index < -0.39 is 0 Å². The second-order valence-corrected chi connectivity index (χ2v) is 9.15. The molecule has 2 saturated heterocycles. The molecule has 7 heteroatoms.